The zero-order valence-corrected chi connectivity index (χ0v) is 23.5. The Labute approximate surface area is 237 Å². The standard InChI is InChI=1S/C31H33BrN2O5/c1-3-18-31(30(36)33-19-17-22-9-13-24(37-2)14-10-22)28(26-7-4-5-8-27(26)32)39-29(34-31)23-11-15-25(16-12-23)38-21-6-20-35/h3-5,7-16,28,35H,1,6,17-21H2,2H3,(H,33,36)/t28-,31-/m1/s1. The van der Waals surface area contributed by atoms with Gasteiger partial charge >= 0.3 is 0 Å². The number of amides is 1. The topological polar surface area (TPSA) is 89.4 Å². The number of carbonyl (C=O) groups is 1. The first kappa shape index (κ1) is 28.4. The second kappa shape index (κ2) is 13.4. The van der Waals surface area contributed by atoms with E-state index < -0.39 is 11.6 Å². The van der Waals surface area contributed by atoms with E-state index in [1.165, 1.54) is 0 Å². The third-order valence-electron chi connectivity index (χ3n) is 6.53. The third kappa shape index (κ3) is 6.69. The summed E-state index contributed by atoms with van der Waals surface area (Å²) >= 11 is 3.64. The van der Waals surface area contributed by atoms with Crippen molar-refractivity contribution in [1.29, 1.82) is 0 Å². The Bertz CT molecular complexity index is 1290. The van der Waals surface area contributed by atoms with E-state index in [4.69, 9.17) is 24.3 Å². The fourth-order valence-electron chi connectivity index (χ4n) is 4.47. The van der Waals surface area contributed by atoms with Gasteiger partial charge < -0.3 is 24.6 Å². The molecule has 0 fully saturated rings. The van der Waals surface area contributed by atoms with Crippen LogP contribution in [0.2, 0.25) is 0 Å². The van der Waals surface area contributed by atoms with E-state index in [0.717, 1.165) is 26.9 Å². The van der Waals surface area contributed by atoms with Gasteiger partial charge in [0.15, 0.2) is 11.6 Å². The van der Waals surface area contributed by atoms with Crippen molar-refractivity contribution in [3.8, 4) is 11.5 Å². The summed E-state index contributed by atoms with van der Waals surface area (Å²) in [5.41, 5.74) is 1.41. The monoisotopic (exact) mass is 592 g/mol. The van der Waals surface area contributed by atoms with Crippen LogP contribution in [0.5, 0.6) is 11.5 Å². The van der Waals surface area contributed by atoms with Crippen molar-refractivity contribution in [2.75, 3.05) is 26.9 Å². The maximum absolute atomic E-state index is 13.9. The molecule has 0 saturated carbocycles. The third-order valence-corrected chi connectivity index (χ3v) is 7.25. The van der Waals surface area contributed by atoms with E-state index in [-0.39, 0.29) is 12.5 Å². The highest BCUT2D eigenvalue weighted by Gasteiger charge is 2.52. The molecule has 39 heavy (non-hydrogen) atoms. The van der Waals surface area contributed by atoms with Crippen LogP contribution in [-0.2, 0) is 16.0 Å². The van der Waals surface area contributed by atoms with E-state index in [2.05, 4.69) is 27.8 Å². The molecule has 0 spiro atoms. The van der Waals surface area contributed by atoms with Crippen LogP contribution >= 0.6 is 15.9 Å². The molecule has 3 aromatic carbocycles. The first-order valence-corrected chi connectivity index (χ1v) is 13.7. The van der Waals surface area contributed by atoms with Crippen molar-refractivity contribution >= 4 is 27.7 Å². The number of benzene rings is 3. The predicted octanol–water partition coefficient (Wildman–Crippen LogP) is 5.41. The van der Waals surface area contributed by atoms with Crippen LogP contribution in [-0.4, -0.2) is 49.3 Å². The molecule has 2 N–H and O–H groups in total. The van der Waals surface area contributed by atoms with Crippen LogP contribution in [0.25, 0.3) is 0 Å². The zero-order valence-electron chi connectivity index (χ0n) is 21.9. The summed E-state index contributed by atoms with van der Waals surface area (Å²) in [7, 11) is 1.63. The number of ether oxygens (including phenoxy) is 3. The number of hydrogen-bond acceptors (Lipinski definition) is 6. The summed E-state index contributed by atoms with van der Waals surface area (Å²) in [4.78, 5) is 18.8. The van der Waals surface area contributed by atoms with Gasteiger partial charge in [-0.3, -0.25) is 4.79 Å². The van der Waals surface area contributed by atoms with Gasteiger partial charge in [-0.1, -0.05) is 52.3 Å². The van der Waals surface area contributed by atoms with Crippen LogP contribution in [0.1, 0.15) is 35.6 Å². The molecule has 2 atom stereocenters. The van der Waals surface area contributed by atoms with Gasteiger partial charge in [0.05, 0.1) is 13.7 Å². The first-order valence-electron chi connectivity index (χ1n) is 12.9. The SMILES string of the molecule is C=CC[C@@]1(C(=O)NCCc2ccc(OC)cc2)N=C(c2ccc(OCCCO)cc2)O[C@@H]1c1ccccc1Br. The van der Waals surface area contributed by atoms with Crippen LogP contribution in [0.4, 0.5) is 0 Å². The van der Waals surface area contributed by atoms with E-state index in [1.54, 1.807) is 13.2 Å². The fraction of sp³-hybridized carbons (Fsp3) is 0.290. The summed E-state index contributed by atoms with van der Waals surface area (Å²) in [5.74, 6) is 1.63. The van der Waals surface area contributed by atoms with Gasteiger partial charge in [-0.15, -0.1) is 6.58 Å². The highest BCUT2D eigenvalue weighted by molar-refractivity contribution is 9.10. The van der Waals surface area contributed by atoms with E-state index >= 15 is 0 Å². The minimum atomic E-state index is -1.24. The molecule has 4 rings (SSSR count). The molecule has 1 heterocycles. The number of aliphatic hydroxyl groups excluding tert-OH is 1. The van der Waals surface area contributed by atoms with Crippen molar-refractivity contribution in [3.05, 3.63) is 107 Å². The second-order valence-corrected chi connectivity index (χ2v) is 10.0. The molecule has 204 valence electrons. The summed E-state index contributed by atoms with van der Waals surface area (Å²) in [6, 6.07) is 22.9. The van der Waals surface area contributed by atoms with Crippen molar-refractivity contribution < 1.29 is 24.1 Å². The Hall–Kier alpha value is -3.62. The number of rotatable bonds is 13. The van der Waals surface area contributed by atoms with E-state index in [9.17, 15) is 4.79 Å². The van der Waals surface area contributed by atoms with Crippen molar-refractivity contribution in [1.82, 2.24) is 5.32 Å². The molecule has 1 aliphatic rings. The molecule has 3 aromatic rings. The molecule has 8 heteroatoms. The zero-order chi connectivity index (χ0) is 27.7. The number of carbonyl (C=O) groups excluding carboxylic acids is 1. The number of aliphatic imine (C=N–C) groups is 1. The van der Waals surface area contributed by atoms with Crippen LogP contribution in [0, 0.1) is 0 Å². The lowest BCUT2D eigenvalue weighted by Crippen LogP contribution is -2.48. The quantitative estimate of drug-likeness (QED) is 0.204. The lowest BCUT2D eigenvalue weighted by molar-refractivity contribution is -0.128. The Balaban J connectivity index is 1.60. The summed E-state index contributed by atoms with van der Waals surface area (Å²) in [6.07, 6.45) is 2.56. The minimum Gasteiger partial charge on any atom is -0.497 e. The van der Waals surface area contributed by atoms with Crippen LogP contribution in [0.3, 0.4) is 0 Å². The van der Waals surface area contributed by atoms with Gasteiger partial charge in [-0.25, -0.2) is 4.99 Å². The van der Waals surface area contributed by atoms with Gasteiger partial charge in [0.2, 0.25) is 5.90 Å². The second-order valence-electron chi connectivity index (χ2n) is 9.16. The number of hydrogen-bond donors (Lipinski definition) is 2. The lowest BCUT2D eigenvalue weighted by atomic mass is 9.84. The molecule has 0 aromatic heterocycles. The molecular formula is C31H33BrN2O5. The summed E-state index contributed by atoms with van der Waals surface area (Å²) in [5, 5.41) is 12.1. The van der Waals surface area contributed by atoms with Gasteiger partial charge in [-0.05, 0) is 54.4 Å². The van der Waals surface area contributed by atoms with Crippen LogP contribution < -0.4 is 14.8 Å². The molecule has 1 amide bonds. The maximum Gasteiger partial charge on any atom is 0.252 e. The average Bonchev–Trinajstić information content (AvgIpc) is 3.34. The number of nitrogens with one attached hydrogen (secondary N) is 1. The Kier molecular flexibility index (Phi) is 9.79. The number of halogens is 1. The smallest absolute Gasteiger partial charge is 0.252 e. The highest BCUT2D eigenvalue weighted by atomic mass is 79.9. The fourth-order valence-corrected chi connectivity index (χ4v) is 4.96. The predicted molar refractivity (Wildman–Crippen MR) is 155 cm³/mol. The largest absolute Gasteiger partial charge is 0.497 e. The Morgan fingerprint density at radius 2 is 1.85 bits per heavy atom. The molecule has 0 bridgehead atoms. The first-order chi connectivity index (χ1) is 19.0. The Morgan fingerprint density at radius 1 is 1.13 bits per heavy atom. The molecule has 0 radical (unpaired) electrons. The number of aliphatic hydroxyl groups is 1. The van der Waals surface area contributed by atoms with Gasteiger partial charge in [0, 0.05) is 41.6 Å². The normalized spacial score (nSPS) is 18.1. The summed E-state index contributed by atoms with van der Waals surface area (Å²) in [6.45, 7) is 4.87. The van der Waals surface area contributed by atoms with Gasteiger partial charge in [0.1, 0.15) is 11.5 Å². The Morgan fingerprint density at radius 3 is 2.51 bits per heavy atom. The molecular weight excluding hydrogens is 560 g/mol. The molecule has 0 unspecified atom stereocenters. The van der Waals surface area contributed by atoms with E-state index in [0.29, 0.717) is 44.1 Å². The summed E-state index contributed by atoms with van der Waals surface area (Å²) < 4.78 is 18.2. The molecule has 7 nitrogen and oxygen atoms in total. The molecule has 1 aliphatic heterocycles. The van der Waals surface area contributed by atoms with Gasteiger partial charge in [-0.2, -0.15) is 0 Å². The van der Waals surface area contributed by atoms with Crippen molar-refractivity contribution in [2.45, 2.75) is 30.9 Å². The molecule has 0 saturated heterocycles. The van der Waals surface area contributed by atoms with Gasteiger partial charge in [0.25, 0.3) is 5.91 Å². The minimum absolute atomic E-state index is 0.0761. The number of nitrogens with zero attached hydrogens (tertiary/aromatic N) is 1. The number of methoxy groups -OCH3 is 1. The highest BCUT2D eigenvalue weighted by Crippen LogP contribution is 2.44. The molecule has 0 aliphatic carbocycles. The van der Waals surface area contributed by atoms with E-state index in [1.807, 2.05) is 72.8 Å². The van der Waals surface area contributed by atoms with Crippen LogP contribution in [0.15, 0.2) is 94.9 Å². The van der Waals surface area contributed by atoms with Crippen molar-refractivity contribution in [2.24, 2.45) is 4.99 Å². The lowest BCUT2D eigenvalue weighted by Gasteiger charge is -2.30. The maximum atomic E-state index is 13.9. The van der Waals surface area contributed by atoms with Crippen molar-refractivity contribution in [3.63, 3.8) is 0 Å². The average molecular weight is 594 g/mol.